The highest BCUT2D eigenvalue weighted by molar-refractivity contribution is 5.80. The van der Waals surface area contributed by atoms with Crippen LogP contribution in [0, 0.1) is 0 Å². The van der Waals surface area contributed by atoms with Crippen LogP contribution >= 0.6 is 0 Å². The zero-order valence-corrected chi connectivity index (χ0v) is 11.9. The van der Waals surface area contributed by atoms with Crippen molar-refractivity contribution in [1.29, 1.82) is 0 Å². The summed E-state index contributed by atoms with van der Waals surface area (Å²) in [6.07, 6.45) is 4.36. The van der Waals surface area contributed by atoms with Crippen LogP contribution < -0.4 is 0 Å². The predicted molar refractivity (Wildman–Crippen MR) is 87.8 cm³/mol. The molecule has 0 atom stereocenters. The van der Waals surface area contributed by atoms with E-state index < -0.39 is 0 Å². The van der Waals surface area contributed by atoms with E-state index in [2.05, 4.69) is 71.9 Å². The van der Waals surface area contributed by atoms with Crippen molar-refractivity contribution in [3.8, 4) is 5.69 Å². The fraction of sp³-hybridized carbons (Fsp3) is 0.100. The van der Waals surface area contributed by atoms with E-state index in [1.165, 1.54) is 28.1 Å². The molecule has 0 spiro atoms. The van der Waals surface area contributed by atoms with Crippen LogP contribution in [0.4, 0.5) is 0 Å². The average molecular weight is 271 g/mol. The molecule has 0 radical (unpaired) electrons. The normalized spacial score (nSPS) is 12.6. The van der Waals surface area contributed by atoms with Crippen LogP contribution in [0.1, 0.15) is 22.4 Å². The van der Waals surface area contributed by atoms with Crippen molar-refractivity contribution in [3.05, 3.63) is 95.8 Å². The molecular formula is C20H17N. The lowest BCUT2D eigenvalue weighted by Crippen LogP contribution is -2.11. The molecule has 0 N–H and O–H groups in total. The van der Waals surface area contributed by atoms with Crippen LogP contribution in [-0.2, 0) is 12.8 Å². The SMILES string of the molecule is C=C(c1ccccc1)c1ccn2c1CCc1ccccc1-2. The third-order valence-electron chi connectivity index (χ3n) is 4.32. The van der Waals surface area contributed by atoms with Gasteiger partial charge in [-0.2, -0.15) is 0 Å². The maximum Gasteiger partial charge on any atom is 0.0484 e. The van der Waals surface area contributed by atoms with Gasteiger partial charge in [0.25, 0.3) is 0 Å². The van der Waals surface area contributed by atoms with E-state index in [0.29, 0.717) is 0 Å². The highest BCUT2D eigenvalue weighted by atomic mass is 15.0. The zero-order valence-electron chi connectivity index (χ0n) is 11.9. The van der Waals surface area contributed by atoms with E-state index in [1.807, 2.05) is 6.07 Å². The number of aromatic nitrogens is 1. The molecule has 1 heteroatoms. The molecule has 3 aromatic rings. The molecule has 1 aromatic heterocycles. The lowest BCUT2D eigenvalue weighted by molar-refractivity contribution is 0.806. The molecule has 1 aliphatic heterocycles. The Hall–Kier alpha value is -2.54. The van der Waals surface area contributed by atoms with Gasteiger partial charge in [-0.05, 0) is 41.7 Å². The largest absolute Gasteiger partial charge is 0.320 e. The highest BCUT2D eigenvalue weighted by Crippen LogP contribution is 2.32. The van der Waals surface area contributed by atoms with Gasteiger partial charge in [0.15, 0.2) is 0 Å². The topological polar surface area (TPSA) is 4.93 Å². The van der Waals surface area contributed by atoms with Crippen molar-refractivity contribution >= 4 is 5.57 Å². The molecule has 1 aliphatic rings. The predicted octanol–water partition coefficient (Wildman–Crippen LogP) is 4.64. The fourth-order valence-electron chi connectivity index (χ4n) is 3.23. The molecule has 0 bridgehead atoms. The second kappa shape index (κ2) is 4.78. The number of hydrogen-bond acceptors (Lipinski definition) is 0. The first-order valence-corrected chi connectivity index (χ1v) is 7.38. The van der Waals surface area contributed by atoms with Gasteiger partial charge in [0.2, 0.25) is 0 Å². The molecule has 0 aliphatic carbocycles. The van der Waals surface area contributed by atoms with Gasteiger partial charge in [0.05, 0.1) is 0 Å². The van der Waals surface area contributed by atoms with Gasteiger partial charge >= 0.3 is 0 Å². The molecule has 0 amide bonds. The van der Waals surface area contributed by atoms with Crippen LogP contribution in [0.2, 0.25) is 0 Å². The smallest absolute Gasteiger partial charge is 0.0484 e. The van der Waals surface area contributed by atoms with Crippen molar-refractivity contribution < 1.29 is 0 Å². The fourth-order valence-corrected chi connectivity index (χ4v) is 3.23. The van der Waals surface area contributed by atoms with Crippen LogP contribution in [0.25, 0.3) is 11.3 Å². The first-order valence-electron chi connectivity index (χ1n) is 7.38. The molecule has 0 saturated carbocycles. The molecular weight excluding hydrogens is 254 g/mol. The maximum absolute atomic E-state index is 4.32. The Morgan fingerprint density at radius 2 is 1.62 bits per heavy atom. The van der Waals surface area contributed by atoms with Crippen molar-refractivity contribution in [2.75, 3.05) is 0 Å². The van der Waals surface area contributed by atoms with Crippen molar-refractivity contribution in [2.45, 2.75) is 12.8 Å². The lowest BCUT2D eigenvalue weighted by Gasteiger charge is -2.21. The average Bonchev–Trinajstić information content (AvgIpc) is 2.99. The minimum absolute atomic E-state index is 1.07. The number of hydrogen-bond donors (Lipinski definition) is 0. The lowest BCUT2D eigenvalue weighted by atomic mass is 9.95. The Morgan fingerprint density at radius 1 is 0.857 bits per heavy atom. The number of para-hydroxylation sites is 1. The summed E-state index contributed by atoms with van der Waals surface area (Å²) in [5, 5.41) is 0. The first kappa shape index (κ1) is 12.2. The molecule has 1 nitrogen and oxygen atoms in total. The summed E-state index contributed by atoms with van der Waals surface area (Å²) < 4.78 is 2.32. The molecule has 2 aromatic carbocycles. The van der Waals surface area contributed by atoms with E-state index in [-0.39, 0.29) is 0 Å². The summed E-state index contributed by atoms with van der Waals surface area (Å²) in [7, 11) is 0. The monoisotopic (exact) mass is 271 g/mol. The number of fused-ring (bicyclic) bond motifs is 3. The van der Waals surface area contributed by atoms with Gasteiger partial charge in [-0.3, -0.25) is 0 Å². The summed E-state index contributed by atoms with van der Waals surface area (Å²) in [5.41, 5.74) is 7.70. The third kappa shape index (κ3) is 1.93. The zero-order chi connectivity index (χ0) is 14.2. The summed E-state index contributed by atoms with van der Waals surface area (Å²) in [6.45, 7) is 4.32. The molecule has 4 rings (SSSR count). The van der Waals surface area contributed by atoms with Gasteiger partial charge in [-0.1, -0.05) is 55.1 Å². The van der Waals surface area contributed by atoms with Crippen molar-refractivity contribution in [1.82, 2.24) is 4.57 Å². The summed E-state index contributed by atoms with van der Waals surface area (Å²) >= 11 is 0. The summed E-state index contributed by atoms with van der Waals surface area (Å²) in [6, 6.07) is 21.3. The van der Waals surface area contributed by atoms with Crippen LogP contribution in [0.5, 0.6) is 0 Å². The quantitative estimate of drug-likeness (QED) is 0.640. The molecule has 2 heterocycles. The van der Waals surface area contributed by atoms with Gasteiger partial charge < -0.3 is 4.57 Å². The Bertz CT molecular complexity index is 809. The summed E-state index contributed by atoms with van der Waals surface area (Å²) in [5.74, 6) is 0. The second-order valence-electron chi connectivity index (χ2n) is 5.52. The van der Waals surface area contributed by atoms with Crippen molar-refractivity contribution in [3.63, 3.8) is 0 Å². The number of benzene rings is 2. The highest BCUT2D eigenvalue weighted by Gasteiger charge is 2.19. The van der Waals surface area contributed by atoms with E-state index in [1.54, 1.807) is 0 Å². The minimum Gasteiger partial charge on any atom is -0.320 e. The second-order valence-corrected chi connectivity index (χ2v) is 5.52. The first-order chi connectivity index (χ1) is 10.3. The maximum atomic E-state index is 4.32. The Labute approximate surface area is 125 Å². The van der Waals surface area contributed by atoms with Gasteiger partial charge in [0, 0.05) is 23.1 Å². The minimum atomic E-state index is 1.07. The van der Waals surface area contributed by atoms with Gasteiger partial charge in [-0.25, -0.2) is 0 Å². The van der Waals surface area contributed by atoms with Crippen LogP contribution in [0.15, 0.2) is 73.4 Å². The molecule has 0 unspecified atom stereocenters. The number of aryl methyl sites for hydroxylation is 1. The van der Waals surface area contributed by atoms with E-state index in [4.69, 9.17) is 0 Å². The van der Waals surface area contributed by atoms with E-state index in [9.17, 15) is 0 Å². The molecule has 0 fully saturated rings. The van der Waals surface area contributed by atoms with E-state index >= 15 is 0 Å². The molecule has 102 valence electrons. The molecule has 0 saturated heterocycles. The third-order valence-corrected chi connectivity index (χ3v) is 4.32. The number of rotatable bonds is 2. The van der Waals surface area contributed by atoms with Crippen LogP contribution in [-0.4, -0.2) is 4.57 Å². The van der Waals surface area contributed by atoms with Crippen molar-refractivity contribution in [2.24, 2.45) is 0 Å². The standard InChI is InChI=1S/C20H17N/c1-15(16-7-3-2-4-8-16)18-13-14-21-19-10-6-5-9-17(19)11-12-20(18)21/h2-10,13-14H,1,11-12H2. The van der Waals surface area contributed by atoms with Gasteiger partial charge in [-0.15, -0.1) is 0 Å². The van der Waals surface area contributed by atoms with Gasteiger partial charge in [0.1, 0.15) is 0 Å². The summed E-state index contributed by atoms with van der Waals surface area (Å²) in [4.78, 5) is 0. The molecule has 21 heavy (non-hydrogen) atoms. The van der Waals surface area contributed by atoms with Crippen LogP contribution in [0.3, 0.4) is 0 Å². The Kier molecular flexibility index (Phi) is 2.78. The van der Waals surface area contributed by atoms with E-state index in [0.717, 1.165) is 18.4 Å². The Balaban J connectivity index is 1.82. The Morgan fingerprint density at radius 3 is 2.48 bits per heavy atom. The number of nitrogens with zero attached hydrogens (tertiary/aromatic N) is 1.